The Balaban J connectivity index is 2.32. The van der Waals surface area contributed by atoms with Crippen molar-refractivity contribution in [2.45, 2.75) is 26.2 Å². The Hall–Kier alpha value is -1.54. The summed E-state index contributed by atoms with van der Waals surface area (Å²) in [6.07, 6.45) is 1.64. The Kier molecular flexibility index (Phi) is 3.58. The summed E-state index contributed by atoms with van der Waals surface area (Å²) < 4.78 is 0. The highest BCUT2D eigenvalue weighted by atomic mass is 35.5. The van der Waals surface area contributed by atoms with Crippen molar-refractivity contribution in [3.8, 4) is 0 Å². The Morgan fingerprint density at radius 3 is 2.39 bits per heavy atom. The molecule has 1 heterocycles. The molecule has 18 heavy (non-hydrogen) atoms. The van der Waals surface area contributed by atoms with Gasteiger partial charge in [-0.15, -0.1) is 0 Å². The maximum Gasteiger partial charge on any atom is 0.130 e. The zero-order valence-electron chi connectivity index (χ0n) is 10.9. The van der Waals surface area contributed by atoms with Crippen LogP contribution in [0.15, 0.2) is 42.6 Å². The van der Waals surface area contributed by atoms with Crippen molar-refractivity contribution in [1.82, 2.24) is 4.98 Å². The van der Waals surface area contributed by atoms with Crippen molar-refractivity contribution in [2.75, 3.05) is 5.32 Å². The van der Waals surface area contributed by atoms with Crippen LogP contribution >= 0.6 is 11.6 Å². The van der Waals surface area contributed by atoms with Crippen LogP contribution in [0.25, 0.3) is 0 Å². The van der Waals surface area contributed by atoms with Gasteiger partial charge in [0.1, 0.15) is 5.82 Å². The third-order valence-corrected chi connectivity index (χ3v) is 2.95. The summed E-state index contributed by atoms with van der Waals surface area (Å²) >= 11 is 5.83. The smallest absolute Gasteiger partial charge is 0.130 e. The van der Waals surface area contributed by atoms with Crippen molar-refractivity contribution in [1.29, 1.82) is 0 Å². The SMILES string of the molecule is CC(C)(C)c1ccccc1Nc1ccc(Cl)cn1. The Bertz CT molecular complexity index is 527. The molecule has 0 aliphatic carbocycles. The summed E-state index contributed by atoms with van der Waals surface area (Å²) in [5, 5.41) is 3.98. The normalized spacial score (nSPS) is 11.3. The Labute approximate surface area is 113 Å². The molecule has 2 aromatic rings. The maximum absolute atomic E-state index is 5.83. The largest absolute Gasteiger partial charge is 0.340 e. The van der Waals surface area contributed by atoms with E-state index in [-0.39, 0.29) is 5.41 Å². The van der Waals surface area contributed by atoms with Crippen LogP contribution in [0.2, 0.25) is 5.02 Å². The number of pyridine rings is 1. The number of hydrogen-bond acceptors (Lipinski definition) is 2. The van der Waals surface area contributed by atoms with E-state index in [1.807, 2.05) is 18.2 Å². The second kappa shape index (κ2) is 4.99. The number of rotatable bonds is 2. The quantitative estimate of drug-likeness (QED) is 0.841. The molecule has 0 atom stereocenters. The number of nitrogens with one attached hydrogen (secondary N) is 1. The molecule has 1 aromatic carbocycles. The highest BCUT2D eigenvalue weighted by Gasteiger charge is 2.17. The van der Waals surface area contributed by atoms with Crippen LogP contribution in [0.1, 0.15) is 26.3 Å². The molecule has 0 spiro atoms. The molecule has 94 valence electrons. The first-order valence-electron chi connectivity index (χ1n) is 5.95. The molecule has 0 aliphatic heterocycles. The standard InChI is InChI=1S/C15H17ClN2/c1-15(2,3)12-6-4-5-7-13(12)18-14-9-8-11(16)10-17-14/h4-10H,1-3H3,(H,17,18). The lowest BCUT2D eigenvalue weighted by molar-refractivity contribution is 0.592. The van der Waals surface area contributed by atoms with Gasteiger partial charge in [-0.2, -0.15) is 0 Å². The minimum atomic E-state index is 0.0933. The van der Waals surface area contributed by atoms with E-state index in [2.05, 4.69) is 49.3 Å². The van der Waals surface area contributed by atoms with Crippen LogP contribution in [0.3, 0.4) is 0 Å². The highest BCUT2D eigenvalue weighted by Crippen LogP contribution is 2.30. The summed E-state index contributed by atoms with van der Waals surface area (Å²) in [6, 6.07) is 12.0. The molecule has 1 aromatic heterocycles. The second-order valence-corrected chi connectivity index (χ2v) is 5.72. The first kappa shape index (κ1) is 12.9. The van der Waals surface area contributed by atoms with Crippen molar-refractivity contribution in [3.63, 3.8) is 0 Å². The topological polar surface area (TPSA) is 24.9 Å². The van der Waals surface area contributed by atoms with E-state index < -0.39 is 0 Å². The van der Waals surface area contributed by atoms with Gasteiger partial charge in [0.25, 0.3) is 0 Å². The summed E-state index contributed by atoms with van der Waals surface area (Å²) in [7, 11) is 0. The summed E-state index contributed by atoms with van der Waals surface area (Å²) in [6.45, 7) is 6.59. The number of aromatic nitrogens is 1. The van der Waals surface area contributed by atoms with Crippen molar-refractivity contribution < 1.29 is 0 Å². The third-order valence-electron chi connectivity index (χ3n) is 2.73. The fraction of sp³-hybridized carbons (Fsp3) is 0.267. The minimum Gasteiger partial charge on any atom is -0.340 e. The van der Waals surface area contributed by atoms with Gasteiger partial charge in [-0.3, -0.25) is 0 Å². The third kappa shape index (κ3) is 3.02. The maximum atomic E-state index is 5.83. The molecule has 2 rings (SSSR count). The van der Waals surface area contributed by atoms with Gasteiger partial charge in [0.05, 0.1) is 5.02 Å². The lowest BCUT2D eigenvalue weighted by atomic mass is 9.86. The molecule has 0 saturated carbocycles. The van der Waals surface area contributed by atoms with E-state index in [4.69, 9.17) is 11.6 Å². The van der Waals surface area contributed by atoms with E-state index in [0.717, 1.165) is 11.5 Å². The van der Waals surface area contributed by atoms with Gasteiger partial charge >= 0.3 is 0 Å². The second-order valence-electron chi connectivity index (χ2n) is 5.28. The van der Waals surface area contributed by atoms with Gasteiger partial charge in [0.2, 0.25) is 0 Å². The minimum absolute atomic E-state index is 0.0933. The molecule has 0 amide bonds. The first-order valence-corrected chi connectivity index (χ1v) is 6.33. The van der Waals surface area contributed by atoms with Crippen molar-refractivity contribution in [2.24, 2.45) is 0 Å². The molecule has 0 unspecified atom stereocenters. The number of halogens is 1. The number of hydrogen-bond donors (Lipinski definition) is 1. The van der Waals surface area contributed by atoms with Gasteiger partial charge in [0, 0.05) is 11.9 Å². The lowest BCUT2D eigenvalue weighted by Crippen LogP contribution is -2.13. The summed E-state index contributed by atoms with van der Waals surface area (Å²) in [4.78, 5) is 4.25. The number of para-hydroxylation sites is 1. The summed E-state index contributed by atoms with van der Waals surface area (Å²) in [5.41, 5.74) is 2.44. The summed E-state index contributed by atoms with van der Waals surface area (Å²) in [5.74, 6) is 0.802. The fourth-order valence-electron chi connectivity index (χ4n) is 1.83. The zero-order valence-corrected chi connectivity index (χ0v) is 11.6. The molecule has 1 N–H and O–H groups in total. The predicted octanol–water partition coefficient (Wildman–Crippen LogP) is 4.78. The average molecular weight is 261 g/mol. The zero-order chi connectivity index (χ0) is 13.2. The molecule has 3 heteroatoms. The molecule has 0 aliphatic rings. The molecular weight excluding hydrogens is 244 g/mol. The van der Waals surface area contributed by atoms with E-state index in [9.17, 15) is 0 Å². The van der Waals surface area contributed by atoms with Crippen molar-refractivity contribution in [3.05, 3.63) is 53.2 Å². The fourth-order valence-corrected chi connectivity index (χ4v) is 1.95. The average Bonchev–Trinajstić information content (AvgIpc) is 2.31. The molecule has 0 bridgehead atoms. The molecular formula is C15H17ClN2. The van der Waals surface area contributed by atoms with E-state index in [1.54, 1.807) is 6.20 Å². The van der Waals surface area contributed by atoms with Crippen LogP contribution in [0, 0.1) is 0 Å². The van der Waals surface area contributed by atoms with Gasteiger partial charge in [0.15, 0.2) is 0 Å². The van der Waals surface area contributed by atoms with Crippen molar-refractivity contribution >= 4 is 23.1 Å². The van der Waals surface area contributed by atoms with Crippen LogP contribution in [0.5, 0.6) is 0 Å². The molecule has 0 saturated heterocycles. The number of anilines is 2. The van der Waals surface area contributed by atoms with Crippen LogP contribution in [-0.4, -0.2) is 4.98 Å². The van der Waals surface area contributed by atoms with Gasteiger partial charge in [-0.1, -0.05) is 50.6 Å². The monoisotopic (exact) mass is 260 g/mol. The van der Waals surface area contributed by atoms with Crippen LogP contribution < -0.4 is 5.32 Å². The Morgan fingerprint density at radius 1 is 1.06 bits per heavy atom. The number of benzene rings is 1. The van der Waals surface area contributed by atoms with Crippen LogP contribution in [-0.2, 0) is 5.41 Å². The highest BCUT2D eigenvalue weighted by molar-refractivity contribution is 6.30. The Morgan fingerprint density at radius 2 is 1.78 bits per heavy atom. The number of nitrogens with zero attached hydrogens (tertiary/aromatic N) is 1. The molecule has 2 nitrogen and oxygen atoms in total. The van der Waals surface area contributed by atoms with Gasteiger partial charge in [-0.05, 0) is 29.2 Å². The van der Waals surface area contributed by atoms with E-state index in [1.165, 1.54) is 5.56 Å². The van der Waals surface area contributed by atoms with E-state index in [0.29, 0.717) is 5.02 Å². The molecule has 0 fully saturated rings. The predicted molar refractivity (Wildman–Crippen MR) is 77.7 cm³/mol. The van der Waals surface area contributed by atoms with Crippen LogP contribution in [0.4, 0.5) is 11.5 Å². The first-order chi connectivity index (χ1) is 8.47. The van der Waals surface area contributed by atoms with Gasteiger partial charge in [-0.25, -0.2) is 4.98 Å². The molecule has 0 radical (unpaired) electrons. The lowest BCUT2D eigenvalue weighted by Gasteiger charge is -2.23. The van der Waals surface area contributed by atoms with E-state index >= 15 is 0 Å². The van der Waals surface area contributed by atoms with Gasteiger partial charge < -0.3 is 5.32 Å².